The van der Waals surface area contributed by atoms with E-state index in [0.717, 1.165) is 43.1 Å². The third-order valence-corrected chi connectivity index (χ3v) is 5.52. The zero-order chi connectivity index (χ0) is 19.9. The summed E-state index contributed by atoms with van der Waals surface area (Å²) in [5.74, 6) is -0.0755. The van der Waals surface area contributed by atoms with E-state index in [0.29, 0.717) is 23.8 Å². The second kappa shape index (κ2) is 9.87. The predicted molar refractivity (Wildman–Crippen MR) is 113 cm³/mol. The van der Waals surface area contributed by atoms with Gasteiger partial charge in [0.1, 0.15) is 5.15 Å². The number of benzene rings is 1. The van der Waals surface area contributed by atoms with Gasteiger partial charge in [0.05, 0.1) is 11.4 Å². The Labute approximate surface area is 171 Å². The number of hydrogen-bond donors (Lipinski definition) is 1. The quantitative estimate of drug-likeness (QED) is 0.551. The number of aromatic nitrogens is 1. The Balaban J connectivity index is 1.59. The van der Waals surface area contributed by atoms with E-state index in [1.165, 1.54) is 12.8 Å². The van der Waals surface area contributed by atoms with E-state index in [9.17, 15) is 9.59 Å². The molecule has 1 fully saturated rings. The monoisotopic (exact) mass is 401 g/mol. The normalized spacial score (nSPS) is 16.9. The Morgan fingerprint density at radius 2 is 2.07 bits per heavy atom. The van der Waals surface area contributed by atoms with Crippen molar-refractivity contribution in [1.82, 2.24) is 15.2 Å². The van der Waals surface area contributed by atoms with Crippen molar-refractivity contribution in [3.8, 4) is 0 Å². The van der Waals surface area contributed by atoms with Crippen LogP contribution in [0.25, 0.3) is 10.9 Å². The van der Waals surface area contributed by atoms with Crippen molar-refractivity contribution >= 4 is 34.3 Å². The predicted octanol–water partition coefficient (Wildman–Crippen LogP) is 4.44. The molecule has 1 aliphatic rings. The molecule has 2 heterocycles. The number of fused-ring (bicyclic) bond motifs is 1. The molecule has 1 aromatic carbocycles. The lowest BCUT2D eigenvalue weighted by Gasteiger charge is -2.32. The highest BCUT2D eigenvalue weighted by atomic mass is 35.5. The largest absolute Gasteiger partial charge is 0.356 e. The number of nitrogens with zero attached hydrogens (tertiary/aromatic N) is 2. The molecule has 0 spiro atoms. The number of likely N-dealkylation sites (tertiary alicyclic amines) is 1. The lowest BCUT2D eigenvalue weighted by Crippen LogP contribution is -2.45. The number of amides is 2. The van der Waals surface area contributed by atoms with Crippen LogP contribution in [0.15, 0.2) is 30.3 Å². The highest BCUT2D eigenvalue weighted by molar-refractivity contribution is 6.29. The Hall–Kier alpha value is -2.14. The molecule has 1 aliphatic heterocycles. The van der Waals surface area contributed by atoms with Crippen LogP contribution in [0.5, 0.6) is 0 Å². The van der Waals surface area contributed by atoms with Crippen molar-refractivity contribution in [3.05, 3.63) is 41.0 Å². The third kappa shape index (κ3) is 5.22. The summed E-state index contributed by atoms with van der Waals surface area (Å²) in [5, 5.41) is 4.36. The Morgan fingerprint density at radius 1 is 1.21 bits per heavy atom. The third-order valence-electron chi connectivity index (χ3n) is 5.31. The number of hydrogen-bond acceptors (Lipinski definition) is 3. The molecular formula is C22H28ClN3O2. The van der Waals surface area contributed by atoms with E-state index < -0.39 is 0 Å². The summed E-state index contributed by atoms with van der Waals surface area (Å²) in [7, 11) is 0. The van der Waals surface area contributed by atoms with Gasteiger partial charge in [0.2, 0.25) is 5.91 Å². The van der Waals surface area contributed by atoms with Crippen molar-refractivity contribution in [2.75, 3.05) is 19.6 Å². The van der Waals surface area contributed by atoms with Crippen LogP contribution in [-0.2, 0) is 4.79 Å². The second-order valence-electron chi connectivity index (χ2n) is 7.48. The Bertz CT molecular complexity index is 840. The molecule has 0 saturated carbocycles. The van der Waals surface area contributed by atoms with Crippen LogP contribution in [0.2, 0.25) is 5.15 Å². The lowest BCUT2D eigenvalue weighted by molar-refractivity contribution is -0.126. The van der Waals surface area contributed by atoms with E-state index in [1.54, 1.807) is 17.0 Å². The number of pyridine rings is 1. The van der Waals surface area contributed by atoms with Crippen LogP contribution in [0.3, 0.4) is 0 Å². The van der Waals surface area contributed by atoms with Crippen molar-refractivity contribution < 1.29 is 9.59 Å². The van der Waals surface area contributed by atoms with Gasteiger partial charge in [-0.2, -0.15) is 0 Å². The molecular weight excluding hydrogens is 374 g/mol. The maximum absolute atomic E-state index is 13.0. The summed E-state index contributed by atoms with van der Waals surface area (Å²) in [6.07, 6.45) is 6.24. The molecule has 3 rings (SSSR count). The van der Waals surface area contributed by atoms with Crippen LogP contribution in [0, 0.1) is 5.92 Å². The van der Waals surface area contributed by atoms with Crippen LogP contribution in [-0.4, -0.2) is 41.3 Å². The van der Waals surface area contributed by atoms with Gasteiger partial charge in [-0.1, -0.05) is 37.8 Å². The van der Waals surface area contributed by atoms with Gasteiger partial charge in [-0.3, -0.25) is 9.59 Å². The summed E-state index contributed by atoms with van der Waals surface area (Å²) in [5.41, 5.74) is 1.39. The number of piperidine rings is 1. The maximum Gasteiger partial charge on any atom is 0.253 e. The fraction of sp³-hybridized carbons (Fsp3) is 0.500. The summed E-state index contributed by atoms with van der Waals surface area (Å²) >= 11 is 5.93. The van der Waals surface area contributed by atoms with Crippen molar-refractivity contribution in [3.63, 3.8) is 0 Å². The van der Waals surface area contributed by atoms with Gasteiger partial charge in [0, 0.05) is 30.6 Å². The van der Waals surface area contributed by atoms with Crippen LogP contribution in [0.4, 0.5) is 0 Å². The zero-order valence-corrected chi connectivity index (χ0v) is 17.2. The van der Waals surface area contributed by atoms with Crippen LogP contribution < -0.4 is 5.32 Å². The highest BCUT2D eigenvalue weighted by Gasteiger charge is 2.28. The SMILES string of the molecule is CCCCCCNC(=O)C1CCCN(C(=O)c2ccc3nc(Cl)ccc3c2)C1. The van der Waals surface area contributed by atoms with E-state index in [4.69, 9.17) is 11.6 Å². The molecule has 2 amide bonds. The van der Waals surface area contributed by atoms with Crippen molar-refractivity contribution in [1.29, 1.82) is 0 Å². The fourth-order valence-electron chi connectivity index (χ4n) is 3.70. The molecule has 2 aromatic rings. The molecule has 6 heteroatoms. The standard InChI is InChI=1S/C22H28ClN3O2/c1-2-3-4-5-12-24-21(27)18-7-6-13-26(15-18)22(28)17-8-10-19-16(14-17)9-11-20(23)25-19/h8-11,14,18H,2-7,12-13,15H2,1H3,(H,24,27). The number of rotatable bonds is 7. The molecule has 1 N–H and O–H groups in total. The minimum Gasteiger partial charge on any atom is -0.356 e. The molecule has 1 unspecified atom stereocenters. The summed E-state index contributed by atoms with van der Waals surface area (Å²) in [6, 6.07) is 9.04. The fourth-order valence-corrected chi connectivity index (χ4v) is 3.85. The van der Waals surface area contributed by atoms with Crippen LogP contribution in [0.1, 0.15) is 55.8 Å². The lowest BCUT2D eigenvalue weighted by atomic mass is 9.96. The molecule has 1 aromatic heterocycles. The van der Waals surface area contributed by atoms with Gasteiger partial charge in [-0.15, -0.1) is 0 Å². The van der Waals surface area contributed by atoms with Gasteiger partial charge in [0.25, 0.3) is 5.91 Å². The van der Waals surface area contributed by atoms with E-state index in [-0.39, 0.29) is 17.7 Å². The van der Waals surface area contributed by atoms with Gasteiger partial charge in [-0.05, 0) is 49.6 Å². The molecule has 0 aliphatic carbocycles. The first kappa shape index (κ1) is 20.6. The van der Waals surface area contributed by atoms with Gasteiger partial charge in [-0.25, -0.2) is 4.98 Å². The molecule has 5 nitrogen and oxygen atoms in total. The first-order chi connectivity index (χ1) is 13.6. The number of halogens is 1. The number of carbonyl (C=O) groups is 2. The molecule has 1 atom stereocenters. The number of unbranched alkanes of at least 4 members (excludes halogenated alkanes) is 3. The first-order valence-corrected chi connectivity index (χ1v) is 10.6. The molecule has 0 radical (unpaired) electrons. The number of nitrogens with one attached hydrogen (secondary N) is 1. The average molecular weight is 402 g/mol. The van der Waals surface area contributed by atoms with Crippen molar-refractivity contribution in [2.24, 2.45) is 5.92 Å². The molecule has 1 saturated heterocycles. The van der Waals surface area contributed by atoms with E-state index in [2.05, 4.69) is 17.2 Å². The second-order valence-corrected chi connectivity index (χ2v) is 7.87. The van der Waals surface area contributed by atoms with E-state index >= 15 is 0 Å². The van der Waals surface area contributed by atoms with Gasteiger partial charge >= 0.3 is 0 Å². The van der Waals surface area contributed by atoms with Gasteiger partial charge < -0.3 is 10.2 Å². The molecule has 28 heavy (non-hydrogen) atoms. The summed E-state index contributed by atoms with van der Waals surface area (Å²) < 4.78 is 0. The van der Waals surface area contributed by atoms with Crippen LogP contribution >= 0.6 is 11.6 Å². The first-order valence-electron chi connectivity index (χ1n) is 10.2. The van der Waals surface area contributed by atoms with E-state index in [1.807, 2.05) is 18.2 Å². The Morgan fingerprint density at radius 3 is 2.89 bits per heavy atom. The summed E-state index contributed by atoms with van der Waals surface area (Å²) in [4.78, 5) is 31.5. The average Bonchev–Trinajstić information content (AvgIpc) is 2.72. The number of carbonyl (C=O) groups excluding carboxylic acids is 2. The summed E-state index contributed by atoms with van der Waals surface area (Å²) in [6.45, 7) is 4.07. The van der Waals surface area contributed by atoms with Crippen molar-refractivity contribution in [2.45, 2.75) is 45.4 Å². The molecule has 0 bridgehead atoms. The Kier molecular flexibility index (Phi) is 7.26. The molecule has 150 valence electrons. The van der Waals surface area contributed by atoms with Gasteiger partial charge in [0.15, 0.2) is 0 Å². The minimum absolute atomic E-state index is 0.0303. The minimum atomic E-state index is -0.121. The zero-order valence-electron chi connectivity index (χ0n) is 16.4. The maximum atomic E-state index is 13.0. The topological polar surface area (TPSA) is 62.3 Å². The smallest absolute Gasteiger partial charge is 0.253 e. The highest BCUT2D eigenvalue weighted by Crippen LogP contribution is 2.22.